The number of benzene rings is 2. The van der Waals surface area contributed by atoms with Gasteiger partial charge in [-0.15, -0.1) is 0 Å². The van der Waals surface area contributed by atoms with Crippen LogP contribution in [0.3, 0.4) is 0 Å². The second-order valence-electron chi connectivity index (χ2n) is 6.73. The molecule has 1 N–H and O–H groups in total. The van der Waals surface area contributed by atoms with Crippen molar-refractivity contribution < 1.29 is 9.21 Å². The van der Waals surface area contributed by atoms with Crippen LogP contribution < -0.4 is 5.32 Å². The highest BCUT2D eigenvalue weighted by molar-refractivity contribution is 8.00. The number of fused-ring (bicyclic) bond motifs is 3. The van der Waals surface area contributed by atoms with Gasteiger partial charge in [0.25, 0.3) is 0 Å². The second kappa shape index (κ2) is 7.64. The number of hydrogen-bond acceptors (Lipinski definition) is 5. The zero-order valence-corrected chi connectivity index (χ0v) is 16.9. The lowest BCUT2D eigenvalue weighted by Crippen LogP contribution is -2.15. The standard InChI is InChI=1S/C22H21N3O2S/c1-4-18-24-20-15-7-5-6-8-17(15)27-21(20)22(25-18)28-12-19(26)23-16-10-9-13(2)11-14(16)3/h5-11H,4,12H2,1-3H3,(H,23,26). The van der Waals surface area contributed by atoms with Gasteiger partial charge in [0.15, 0.2) is 5.58 Å². The van der Waals surface area contributed by atoms with Crippen LogP contribution in [0.5, 0.6) is 0 Å². The molecule has 0 fully saturated rings. The first kappa shape index (κ1) is 18.5. The highest BCUT2D eigenvalue weighted by Gasteiger charge is 2.17. The number of nitrogens with zero attached hydrogens (tertiary/aromatic N) is 2. The number of carbonyl (C=O) groups is 1. The number of aromatic nitrogens is 2. The van der Waals surface area contributed by atoms with E-state index in [1.54, 1.807) is 0 Å². The number of aryl methyl sites for hydroxylation is 3. The number of hydrogen-bond donors (Lipinski definition) is 1. The van der Waals surface area contributed by atoms with Gasteiger partial charge in [0, 0.05) is 17.5 Å². The molecule has 0 saturated carbocycles. The Morgan fingerprint density at radius 2 is 1.96 bits per heavy atom. The third-order valence-corrected chi connectivity index (χ3v) is 5.50. The van der Waals surface area contributed by atoms with E-state index in [9.17, 15) is 4.79 Å². The Hall–Kier alpha value is -2.86. The molecule has 0 aliphatic carbocycles. The molecule has 5 nitrogen and oxygen atoms in total. The van der Waals surface area contributed by atoms with Crippen LogP contribution in [0.15, 0.2) is 51.9 Å². The van der Waals surface area contributed by atoms with E-state index in [0.29, 0.717) is 10.6 Å². The lowest BCUT2D eigenvalue weighted by atomic mass is 10.1. The molecule has 4 rings (SSSR count). The van der Waals surface area contributed by atoms with Crippen molar-refractivity contribution >= 4 is 45.4 Å². The van der Waals surface area contributed by atoms with Gasteiger partial charge in [0.1, 0.15) is 22.0 Å². The molecule has 0 radical (unpaired) electrons. The zero-order valence-electron chi connectivity index (χ0n) is 16.1. The Morgan fingerprint density at radius 3 is 2.75 bits per heavy atom. The quantitative estimate of drug-likeness (QED) is 0.370. The fraction of sp³-hybridized carbons (Fsp3) is 0.227. The summed E-state index contributed by atoms with van der Waals surface area (Å²) >= 11 is 1.37. The van der Waals surface area contributed by atoms with E-state index < -0.39 is 0 Å². The number of carbonyl (C=O) groups excluding carboxylic acids is 1. The Balaban J connectivity index is 1.59. The first-order valence-corrected chi connectivity index (χ1v) is 10.2. The number of anilines is 1. The van der Waals surface area contributed by atoms with Crippen LogP contribution in [-0.4, -0.2) is 21.6 Å². The summed E-state index contributed by atoms with van der Waals surface area (Å²) in [5.41, 5.74) is 5.28. The van der Waals surface area contributed by atoms with E-state index in [1.165, 1.54) is 17.3 Å². The third-order valence-electron chi connectivity index (χ3n) is 4.55. The largest absolute Gasteiger partial charge is 0.451 e. The summed E-state index contributed by atoms with van der Waals surface area (Å²) in [6.07, 6.45) is 0.720. The van der Waals surface area contributed by atoms with Gasteiger partial charge in [-0.3, -0.25) is 4.79 Å². The zero-order chi connectivity index (χ0) is 19.7. The van der Waals surface area contributed by atoms with E-state index >= 15 is 0 Å². The molecule has 4 aromatic rings. The minimum Gasteiger partial charge on any atom is -0.451 e. The number of thioether (sulfide) groups is 1. The van der Waals surface area contributed by atoms with Gasteiger partial charge in [0.05, 0.1) is 5.75 Å². The van der Waals surface area contributed by atoms with Crippen molar-refractivity contribution in [2.24, 2.45) is 0 Å². The summed E-state index contributed by atoms with van der Waals surface area (Å²) < 4.78 is 5.99. The van der Waals surface area contributed by atoms with Crippen molar-refractivity contribution in [1.29, 1.82) is 0 Å². The highest BCUT2D eigenvalue weighted by atomic mass is 32.2. The molecule has 142 valence electrons. The smallest absolute Gasteiger partial charge is 0.234 e. The van der Waals surface area contributed by atoms with Crippen LogP contribution in [0.2, 0.25) is 0 Å². The molecule has 2 aromatic heterocycles. The van der Waals surface area contributed by atoms with Crippen molar-refractivity contribution in [3.8, 4) is 0 Å². The molecular formula is C22H21N3O2S. The Bertz CT molecular complexity index is 1180. The molecular weight excluding hydrogens is 370 g/mol. The van der Waals surface area contributed by atoms with Gasteiger partial charge in [0.2, 0.25) is 5.91 Å². The molecule has 2 aromatic carbocycles. The fourth-order valence-electron chi connectivity index (χ4n) is 3.14. The molecule has 6 heteroatoms. The lowest BCUT2D eigenvalue weighted by Gasteiger charge is -2.09. The maximum atomic E-state index is 12.5. The number of amides is 1. The summed E-state index contributed by atoms with van der Waals surface area (Å²) in [5, 5.41) is 4.65. The molecule has 0 unspecified atom stereocenters. The highest BCUT2D eigenvalue weighted by Crippen LogP contribution is 2.33. The average molecular weight is 391 g/mol. The molecule has 1 amide bonds. The van der Waals surface area contributed by atoms with Gasteiger partial charge in [-0.05, 0) is 37.6 Å². The molecule has 0 saturated heterocycles. The molecule has 0 bridgehead atoms. The van der Waals surface area contributed by atoms with Crippen LogP contribution in [0.4, 0.5) is 5.69 Å². The molecule has 0 aliphatic rings. The fourth-order valence-corrected chi connectivity index (χ4v) is 3.92. The summed E-state index contributed by atoms with van der Waals surface area (Å²) in [4.78, 5) is 21.7. The van der Waals surface area contributed by atoms with Crippen LogP contribution in [0, 0.1) is 13.8 Å². The SMILES string of the molecule is CCc1nc(SCC(=O)Nc2ccc(C)cc2C)c2oc3ccccc3c2n1. The Labute approximate surface area is 167 Å². The number of rotatable bonds is 5. The Kier molecular flexibility index (Phi) is 5.05. The van der Waals surface area contributed by atoms with Gasteiger partial charge in [-0.1, -0.05) is 48.5 Å². The first-order valence-electron chi connectivity index (χ1n) is 9.23. The van der Waals surface area contributed by atoms with E-state index in [-0.39, 0.29) is 11.7 Å². The van der Waals surface area contributed by atoms with Crippen LogP contribution in [0.25, 0.3) is 22.1 Å². The van der Waals surface area contributed by atoms with Crippen molar-refractivity contribution in [3.63, 3.8) is 0 Å². The molecule has 0 spiro atoms. The minimum atomic E-state index is -0.0714. The maximum Gasteiger partial charge on any atom is 0.234 e. The van der Waals surface area contributed by atoms with E-state index in [2.05, 4.69) is 21.4 Å². The Morgan fingerprint density at radius 1 is 1.14 bits per heavy atom. The monoisotopic (exact) mass is 391 g/mol. The summed E-state index contributed by atoms with van der Waals surface area (Å²) in [6, 6.07) is 13.8. The summed E-state index contributed by atoms with van der Waals surface area (Å²) in [7, 11) is 0. The maximum absolute atomic E-state index is 12.5. The van der Waals surface area contributed by atoms with Crippen molar-refractivity contribution in [1.82, 2.24) is 9.97 Å². The normalized spacial score (nSPS) is 11.2. The van der Waals surface area contributed by atoms with Crippen LogP contribution in [0.1, 0.15) is 23.9 Å². The van der Waals surface area contributed by atoms with Gasteiger partial charge >= 0.3 is 0 Å². The van der Waals surface area contributed by atoms with Gasteiger partial charge in [-0.2, -0.15) is 0 Å². The number of para-hydroxylation sites is 1. The van der Waals surface area contributed by atoms with Crippen molar-refractivity contribution in [3.05, 3.63) is 59.4 Å². The van der Waals surface area contributed by atoms with Gasteiger partial charge < -0.3 is 9.73 Å². The number of nitrogens with one attached hydrogen (secondary N) is 1. The number of furan rings is 1. The molecule has 2 heterocycles. The van der Waals surface area contributed by atoms with Crippen LogP contribution in [-0.2, 0) is 11.2 Å². The predicted molar refractivity (Wildman–Crippen MR) is 114 cm³/mol. The third kappa shape index (κ3) is 3.60. The van der Waals surface area contributed by atoms with E-state index in [1.807, 2.05) is 57.2 Å². The topological polar surface area (TPSA) is 68.0 Å². The molecule has 0 aliphatic heterocycles. The molecule has 0 atom stereocenters. The first-order chi connectivity index (χ1) is 13.5. The second-order valence-corrected chi connectivity index (χ2v) is 7.69. The van der Waals surface area contributed by atoms with Crippen molar-refractivity contribution in [2.45, 2.75) is 32.2 Å². The van der Waals surface area contributed by atoms with Crippen molar-refractivity contribution in [2.75, 3.05) is 11.1 Å². The van der Waals surface area contributed by atoms with E-state index in [4.69, 9.17) is 4.42 Å². The molecule has 28 heavy (non-hydrogen) atoms. The summed E-state index contributed by atoms with van der Waals surface area (Å²) in [5.74, 6) is 0.925. The average Bonchev–Trinajstić information content (AvgIpc) is 3.07. The summed E-state index contributed by atoms with van der Waals surface area (Å²) in [6.45, 7) is 6.05. The minimum absolute atomic E-state index is 0.0714. The predicted octanol–water partition coefficient (Wildman–Crippen LogP) is 5.29. The lowest BCUT2D eigenvalue weighted by molar-refractivity contribution is -0.113. The van der Waals surface area contributed by atoms with E-state index in [0.717, 1.165) is 40.0 Å². The van der Waals surface area contributed by atoms with Gasteiger partial charge in [-0.25, -0.2) is 9.97 Å². The van der Waals surface area contributed by atoms with Crippen LogP contribution >= 0.6 is 11.8 Å².